The zero-order valence-electron chi connectivity index (χ0n) is 15.0. The van der Waals surface area contributed by atoms with Gasteiger partial charge < -0.3 is 14.8 Å². The lowest BCUT2D eigenvalue weighted by molar-refractivity contribution is -0.120. The van der Waals surface area contributed by atoms with E-state index in [9.17, 15) is 0 Å². The molecule has 3 rings (SSSR count). The molecule has 0 aromatic carbocycles. The van der Waals surface area contributed by atoms with Gasteiger partial charge in [0.25, 0.3) is 0 Å². The van der Waals surface area contributed by atoms with E-state index < -0.39 is 0 Å². The predicted molar refractivity (Wildman–Crippen MR) is 92.9 cm³/mol. The summed E-state index contributed by atoms with van der Waals surface area (Å²) < 4.78 is 11.8. The first-order valence-electron chi connectivity index (χ1n) is 9.65. The second kappa shape index (κ2) is 8.77. The average Bonchev–Trinajstić information content (AvgIpc) is 2.53. The molecule has 3 aliphatic rings. The zero-order chi connectivity index (χ0) is 16.1. The molecule has 1 saturated carbocycles. The molecule has 0 spiro atoms. The molecular weight excluding hydrogens is 290 g/mol. The van der Waals surface area contributed by atoms with Crippen molar-refractivity contribution in [3.8, 4) is 0 Å². The molecule has 23 heavy (non-hydrogen) atoms. The Morgan fingerprint density at radius 2 is 1.70 bits per heavy atom. The fraction of sp³-hybridized carbons (Fsp3) is 1.00. The third-order valence-electron chi connectivity index (χ3n) is 5.51. The van der Waals surface area contributed by atoms with Gasteiger partial charge >= 0.3 is 0 Å². The number of piperidine rings is 1. The van der Waals surface area contributed by atoms with E-state index in [0.29, 0.717) is 18.3 Å². The molecule has 5 nitrogen and oxygen atoms in total. The van der Waals surface area contributed by atoms with Crippen LogP contribution in [0.2, 0.25) is 0 Å². The Bertz CT molecular complexity index is 333. The molecule has 2 heterocycles. The molecule has 0 unspecified atom stereocenters. The highest BCUT2D eigenvalue weighted by Gasteiger charge is 2.31. The van der Waals surface area contributed by atoms with Crippen LogP contribution in [0, 0.1) is 0 Å². The fourth-order valence-corrected chi connectivity index (χ4v) is 4.02. The Morgan fingerprint density at radius 1 is 1.00 bits per heavy atom. The quantitative estimate of drug-likeness (QED) is 0.764. The maximum Gasteiger partial charge on any atom is 0.0628 e. The maximum atomic E-state index is 5.99. The first kappa shape index (κ1) is 17.6. The largest absolute Gasteiger partial charge is 0.377 e. The molecule has 0 bridgehead atoms. The highest BCUT2D eigenvalue weighted by atomic mass is 16.5. The van der Waals surface area contributed by atoms with E-state index >= 15 is 0 Å². The third-order valence-corrected chi connectivity index (χ3v) is 5.51. The summed E-state index contributed by atoms with van der Waals surface area (Å²) in [4.78, 5) is 5.27. The molecule has 1 N–H and O–H groups in total. The Kier molecular flexibility index (Phi) is 6.72. The lowest BCUT2D eigenvalue weighted by Gasteiger charge is -2.41. The standard InChI is InChI=1S/C18H35N3O2/c1-15(2)23-18-13-17(14-18)22-12-11-20-7-9-21(10-8-20)16-3-5-19-6-4-16/h15-19H,3-14H2,1-2H3. The molecule has 5 heteroatoms. The van der Waals surface area contributed by atoms with Crippen molar-refractivity contribution in [2.75, 3.05) is 52.4 Å². The monoisotopic (exact) mass is 325 g/mol. The minimum absolute atomic E-state index is 0.345. The van der Waals surface area contributed by atoms with Crippen LogP contribution in [-0.2, 0) is 9.47 Å². The van der Waals surface area contributed by atoms with Crippen molar-refractivity contribution in [1.29, 1.82) is 0 Å². The van der Waals surface area contributed by atoms with Gasteiger partial charge in [-0.1, -0.05) is 0 Å². The zero-order valence-corrected chi connectivity index (χ0v) is 15.0. The van der Waals surface area contributed by atoms with Crippen molar-refractivity contribution in [2.24, 2.45) is 0 Å². The SMILES string of the molecule is CC(C)OC1CC(OCCN2CCN(C3CCNCC3)CC2)C1. The Hall–Kier alpha value is -0.200. The number of piperazine rings is 1. The molecule has 1 aliphatic carbocycles. The Morgan fingerprint density at radius 3 is 2.35 bits per heavy atom. The third kappa shape index (κ3) is 5.40. The van der Waals surface area contributed by atoms with Crippen LogP contribution >= 0.6 is 0 Å². The van der Waals surface area contributed by atoms with Crippen LogP contribution in [0.1, 0.15) is 39.5 Å². The highest BCUT2D eigenvalue weighted by Crippen LogP contribution is 2.27. The number of rotatable bonds is 7. The smallest absolute Gasteiger partial charge is 0.0628 e. The summed E-state index contributed by atoms with van der Waals surface area (Å²) in [5, 5.41) is 3.46. The van der Waals surface area contributed by atoms with E-state index in [1.165, 1.54) is 52.1 Å². The van der Waals surface area contributed by atoms with Crippen molar-refractivity contribution >= 4 is 0 Å². The molecule has 0 atom stereocenters. The first-order chi connectivity index (χ1) is 11.2. The van der Waals surface area contributed by atoms with Crippen molar-refractivity contribution in [3.05, 3.63) is 0 Å². The Balaban J connectivity index is 1.23. The lowest BCUT2D eigenvalue weighted by Crippen LogP contribution is -2.53. The van der Waals surface area contributed by atoms with Crippen molar-refractivity contribution in [3.63, 3.8) is 0 Å². The van der Waals surface area contributed by atoms with E-state index in [1.54, 1.807) is 0 Å². The topological polar surface area (TPSA) is 37.0 Å². The first-order valence-corrected chi connectivity index (χ1v) is 9.65. The number of hydrogen-bond donors (Lipinski definition) is 1. The minimum atomic E-state index is 0.345. The minimum Gasteiger partial charge on any atom is -0.377 e. The molecule has 0 aromatic heterocycles. The molecular formula is C18H35N3O2. The van der Waals surface area contributed by atoms with Gasteiger partial charge in [0, 0.05) is 38.8 Å². The molecule has 2 saturated heterocycles. The van der Waals surface area contributed by atoms with Crippen LogP contribution in [0.4, 0.5) is 0 Å². The fourth-order valence-electron chi connectivity index (χ4n) is 4.02. The summed E-state index contributed by atoms with van der Waals surface area (Å²) in [6.45, 7) is 13.5. The van der Waals surface area contributed by atoms with Crippen molar-refractivity contribution < 1.29 is 9.47 Å². The van der Waals surface area contributed by atoms with Crippen molar-refractivity contribution in [2.45, 2.75) is 63.9 Å². The van der Waals surface area contributed by atoms with Gasteiger partial charge in [-0.15, -0.1) is 0 Å². The number of nitrogens with zero attached hydrogens (tertiary/aromatic N) is 2. The molecule has 0 aromatic rings. The van der Waals surface area contributed by atoms with Crippen LogP contribution in [0.25, 0.3) is 0 Å². The maximum absolute atomic E-state index is 5.99. The summed E-state index contributed by atoms with van der Waals surface area (Å²) in [5.74, 6) is 0. The lowest BCUT2D eigenvalue weighted by atomic mass is 9.92. The van der Waals surface area contributed by atoms with Crippen LogP contribution in [0.15, 0.2) is 0 Å². The number of nitrogens with one attached hydrogen (secondary N) is 1. The molecule has 134 valence electrons. The van der Waals surface area contributed by atoms with Gasteiger partial charge in [-0.3, -0.25) is 9.80 Å². The van der Waals surface area contributed by atoms with Gasteiger partial charge in [0.1, 0.15) is 0 Å². The van der Waals surface area contributed by atoms with Gasteiger partial charge in [-0.05, 0) is 52.6 Å². The van der Waals surface area contributed by atoms with Gasteiger partial charge in [0.05, 0.1) is 24.9 Å². The average molecular weight is 325 g/mol. The van der Waals surface area contributed by atoms with Gasteiger partial charge in [0.15, 0.2) is 0 Å². The second-order valence-corrected chi connectivity index (χ2v) is 7.63. The molecule has 2 aliphatic heterocycles. The summed E-state index contributed by atoms with van der Waals surface area (Å²) in [7, 11) is 0. The second-order valence-electron chi connectivity index (χ2n) is 7.63. The summed E-state index contributed by atoms with van der Waals surface area (Å²) in [6, 6.07) is 0.822. The molecule has 0 amide bonds. The Labute approximate surface area is 141 Å². The predicted octanol–water partition coefficient (Wildman–Crippen LogP) is 1.33. The molecule has 3 fully saturated rings. The van der Waals surface area contributed by atoms with E-state index in [-0.39, 0.29) is 0 Å². The highest BCUT2D eigenvalue weighted by molar-refractivity contribution is 4.83. The molecule has 0 radical (unpaired) electrons. The van der Waals surface area contributed by atoms with Gasteiger partial charge in [-0.25, -0.2) is 0 Å². The number of hydrogen-bond acceptors (Lipinski definition) is 5. The van der Waals surface area contributed by atoms with Crippen molar-refractivity contribution in [1.82, 2.24) is 15.1 Å². The normalized spacial score (nSPS) is 31.4. The summed E-state index contributed by atoms with van der Waals surface area (Å²) in [6.07, 6.45) is 6.04. The van der Waals surface area contributed by atoms with Gasteiger partial charge in [0.2, 0.25) is 0 Å². The van der Waals surface area contributed by atoms with E-state index in [2.05, 4.69) is 29.0 Å². The van der Waals surface area contributed by atoms with Gasteiger partial charge in [-0.2, -0.15) is 0 Å². The van der Waals surface area contributed by atoms with Crippen LogP contribution < -0.4 is 5.32 Å². The van der Waals surface area contributed by atoms with E-state index in [0.717, 1.165) is 32.0 Å². The summed E-state index contributed by atoms with van der Waals surface area (Å²) in [5.41, 5.74) is 0. The van der Waals surface area contributed by atoms with Crippen LogP contribution in [0.3, 0.4) is 0 Å². The number of ether oxygens (including phenoxy) is 2. The van der Waals surface area contributed by atoms with Crippen LogP contribution in [-0.4, -0.2) is 86.6 Å². The van der Waals surface area contributed by atoms with Crippen LogP contribution in [0.5, 0.6) is 0 Å². The summed E-state index contributed by atoms with van der Waals surface area (Å²) >= 11 is 0. The van der Waals surface area contributed by atoms with E-state index in [4.69, 9.17) is 9.47 Å². The van der Waals surface area contributed by atoms with E-state index in [1.807, 2.05) is 0 Å².